The SMILES string of the molecule is Clc1ccc(C(Cl)c2cc3c(cc2Cl)OCCO3)c(Br)c1. The zero-order valence-electron chi connectivity index (χ0n) is 10.7. The van der Waals surface area contributed by atoms with Crippen LogP contribution in [0.4, 0.5) is 0 Å². The molecule has 0 N–H and O–H groups in total. The van der Waals surface area contributed by atoms with Crippen LogP contribution in [-0.2, 0) is 0 Å². The second kappa shape index (κ2) is 6.25. The first-order valence-electron chi connectivity index (χ1n) is 6.24. The Labute approximate surface area is 146 Å². The van der Waals surface area contributed by atoms with Gasteiger partial charge in [-0.15, -0.1) is 11.6 Å². The van der Waals surface area contributed by atoms with Crippen molar-refractivity contribution >= 4 is 50.7 Å². The van der Waals surface area contributed by atoms with Gasteiger partial charge in [0.2, 0.25) is 0 Å². The van der Waals surface area contributed by atoms with E-state index in [0.29, 0.717) is 34.8 Å². The summed E-state index contributed by atoms with van der Waals surface area (Å²) >= 11 is 22.3. The molecule has 110 valence electrons. The summed E-state index contributed by atoms with van der Waals surface area (Å²) in [5.74, 6) is 1.31. The molecule has 0 bridgehead atoms. The van der Waals surface area contributed by atoms with Gasteiger partial charge < -0.3 is 9.47 Å². The van der Waals surface area contributed by atoms with E-state index in [1.54, 1.807) is 18.2 Å². The van der Waals surface area contributed by atoms with E-state index in [1.165, 1.54) is 0 Å². The summed E-state index contributed by atoms with van der Waals surface area (Å²) in [4.78, 5) is 0. The third-order valence-electron chi connectivity index (χ3n) is 3.17. The lowest BCUT2D eigenvalue weighted by Crippen LogP contribution is -2.15. The molecule has 1 unspecified atom stereocenters. The first kappa shape index (κ1) is 15.3. The Bertz CT molecular complexity index is 691. The molecule has 6 heteroatoms. The van der Waals surface area contributed by atoms with Crippen molar-refractivity contribution in [2.45, 2.75) is 5.38 Å². The molecular formula is C15H10BrCl3O2. The van der Waals surface area contributed by atoms with Crippen LogP contribution in [0, 0.1) is 0 Å². The van der Waals surface area contributed by atoms with Crippen LogP contribution in [0.2, 0.25) is 10.0 Å². The van der Waals surface area contributed by atoms with Crippen molar-refractivity contribution in [2.75, 3.05) is 13.2 Å². The smallest absolute Gasteiger partial charge is 0.162 e. The van der Waals surface area contributed by atoms with E-state index in [2.05, 4.69) is 15.9 Å². The minimum absolute atomic E-state index is 0.417. The molecular weight excluding hydrogens is 398 g/mol. The summed E-state index contributed by atoms with van der Waals surface area (Å²) in [5.41, 5.74) is 1.66. The zero-order valence-corrected chi connectivity index (χ0v) is 14.6. The van der Waals surface area contributed by atoms with Crippen LogP contribution in [0.3, 0.4) is 0 Å². The van der Waals surface area contributed by atoms with Crippen LogP contribution in [-0.4, -0.2) is 13.2 Å². The molecule has 2 aromatic carbocycles. The summed E-state index contributed by atoms with van der Waals surface area (Å²) < 4.78 is 11.9. The normalized spacial score (nSPS) is 14.9. The van der Waals surface area contributed by atoms with Crippen LogP contribution in [0.25, 0.3) is 0 Å². The molecule has 1 atom stereocenters. The molecule has 2 aromatic rings. The van der Waals surface area contributed by atoms with E-state index < -0.39 is 5.38 Å². The Morgan fingerprint density at radius 3 is 2.29 bits per heavy atom. The van der Waals surface area contributed by atoms with Crippen molar-refractivity contribution in [3.63, 3.8) is 0 Å². The molecule has 3 rings (SSSR count). The fourth-order valence-electron chi connectivity index (χ4n) is 2.15. The van der Waals surface area contributed by atoms with Gasteiger partial charge in [0.05, 0.1) is 5.38 Å². The highest BCUT2D eigenvalue weighted by Gasteiger charge is 2.22. The maximum atomic E-state index is 6.58. The van der Waals surface area contributed by atoms with Crippen LogP contribution in [0.5, 0.6) is 11.5 Å². The molecule has 0 amide bonds. The Morgan fingerprint density at radius 2 is 1.62 bits per heavy atom. The van der Waals surface area contributed by atoms with Gasteiger partial charge in [0.25, 0.3) is 0 Å². The van der Waals surface area contributed by atoms with Gasteiger partial charge in [-0.3, -0.25) is 0 Å². The quantitative estimate of drug-likeness (QED) is 0.580. The van der Waals surface area contributed by atoms with Gasteiger partial charge in [-0.25, -0.2) is 0 Å². The van der Waals surface area contributed by atoms with Gasteiger partial charge in [-0.2, -0.15) is 0 Å². The topological polar surface area (TPSA) is 18.5 Å². The molecule has 0 aliphatic carbocycles. The number of fused-ring (bicyclic) bond motifs is 1. The second-order valence-corrected chi connectivity index (χ2v) is 6.68. The predicted octanol–water partition coefficient (Wildman–Crippen LogP) is 5.86. The Kier molecular flexibility index (Phi) is 4.55. The van der Waals surface area contributed by atoms with Gasteiger partial charge in [-0.05, 0) is 29.3 Å². The largest absolute Gasteiger partial charge is 0.486 e. The van der Waals surface area contributed by atoms with Crippen molar-refractivity contribution < 1.29 is 9.47 Å². The van der Waals surface area contributed by atoms with Gasteiger partial charge >= 0.3 is 0 Å². The standard InChI is InChI=1S/C15H10BrCl3O2/c16-11-5-8(17)1-2-9(11)15(19)10-6-13-14(7-12(10)18)21-4-3-20-13/h1-2,5-7,15H,3-4H2. The molecule has 1 heterocycles. The van der Waals surface area contributed by atoms with Crippen LogP contribution >= 0.6 is 50.7 Å². The molecule has 0 aromatic heterocycles. The summed E-state index contributed by atoms with van der Waals surface area (Å²) in [6, 6.07) is 9.04. The van der Waals surface area contributed by atoms with Crippen LogP contribution in [0.1, 0.15) is 16.5 Å². The number of rotatable bonds is 2. The van der Waals surface area contributed by atoms with E-state index in [0.717, 1.165) is 15.6 Å². The molecule has 0 spiro atoms. The van der Waals surface area contributed by atoms with Gasteiger partial charge in [0, 0.05) is 20.6 Å². The summed E-state index contributed by atoms with van der Waals surface area (Å²) in [6.07, 6.45) is 0. The first-order valence-corrected chi connectivity index (χ1v) is 8.23. The maximum absolute atomic E-state index is 6.58. The highest BCUT2D eigenvalue weighted by molar-refractivity contribution is 9.10. The monoisotopic (exact) mass is 406 g/mol. The van der Waals surface area contributed by atoms with Crippen LogP contribution in [0.15, 0.2) is 34.8 Å². The fraction of sp³-hybridized carbons (Fsp3) is 0.200. The number of ether oxygens (including phenoxy) is 2. The summed E-state index contributed by atoms with van der Waals surface area (Å²) in [7, 11) is 0. The molecule has 21 heavy (non-hydrogen) atoms. The van der Waals surface area contributed by atoms with Gasteiger partial charge in [0.15, 0.2) is 11.5 Å². The third kappa shape index (κ3) is 3.11. The van der Waals surface area contributed by atoms with Crippen molar-refractivity contribution in [2.24, 2.45) is 0 Å². The Balaban J connectivity index is 2.03. The van der Waals surface area contributed by atoms with E-state index in [9.17, 15) is 0 Å². The fourth-order valence-corrected chi connectivity index (χ4v) is 3.88. The third-order valence-corrected chi connectivity index (χ3v) is 4.89. The average Bonchev–Trinajstić information content (AvgIpc) is 2.46. The highest BCUT2D eigenvalue weighted by Crippen LogP contribution is 2.43. The molecule has 1 aliphatic rings. The van der Waals surface area contributed by atoms with Crippen molar-refractivity contribution in [1.82, 2.24) is 0 Å². The number of halogens is 4. The predicted molar refractivity (Wildman–Crippen MR) is 89.3 cm³/mol. The molecule has 2 nitrogen and oxygen atoms in total. The summed E-state index contributed by atoms with van der Waals surface area (Å²) in [5, 5.41) is 0.767. The Hall–Kier alpha value is -0.610. The lowest BCUT2D eigenvalue weighted by Gasteiger charge is -2.21. The number of benzene rings is 2. The molecule has 0 saturated heterocycles. The average molecular weight is 409 g/mol. The Morgan fingerprint density at radius 1 is 0.952 bits per heavy atom. The van der Waals surface area contributed by atoms with Crippen molar-refractivity contribution in [3.05, 3.63) is 56.0 Å². The number of hydrogen-bond donors (Lipinski definition) is 0. The minimum atomic E-state index is -0.417. The van der Waals surface area contributed by atoms with E-state index in [-0.39, 0.29) is 0 Å². The lowest BCUT2D eigenvalue weighted by atomic mass is 10.0. The first-order chi connectivity index (χ1) is 10.1. The molecule has 0 fully saturated rings. The highest BCUT2D eigenvalue weighted by atomic mass is 79.9. The number of hydrogen-bond acceptors (Lipinski definition) is 2. The summed E-state index contributed by atoms with van der Waals surface area (Å²) in [6.45, 7) is 1.04. The lowest BCUT2D eigenvalue weighted by molar-refractivity contribution is 0.171. The van der Waals surface area contributed by atoms with Crippen molar-refractivity contribution in [3.8, 4) is 11.5 Å². The van der Waals surface area contributed by atoms with Gasteiger partial charge in [0.1, 0.15) is 13.2 Å². The van der Waals surface area contributed by atoms with Crippen molar-refractivity contribution in [1.29, 1.82) is 0 Å². The molecule has 0 saturated carbocycles. The maximum Gasteiger partial charge on any atom is 0.162 e. The van der Waals surface area contributed by atoms with E-state index >= 15 is 0 Å². The molecule has 1 aliphatic heterocycles. The van der Waals surface area contributed by atoms with Crippen LogP contribution < -0.4 is 9.47 Å². The van der Waals surface area contributed by atoms with E-state index in [4.69, 9.17) is 44.3 Å². The minimum Gasteiger partial charge on any atom is -0.486 e. The number of alkyl halides is 1. The van der Waals surface area contributed by atoms with E-state index in [1.807, 2.05) is 12.1 Å². The second-order valence-electron chi connectivity index (χ2n) is 4.55. The van der Waals surface area contributed by atoms with Gasteiger partial charge in [-0.1, -0.05) is 45.2 Å². The molecule has 0 radical (unpaired) electrons. The zero-order chi connectivity index (χ0) is 15.0.